The summed E-state index contributed by atoms with van der Waals surface area (Å²) in [6.07, 6.45) is 1.79. The van der Waals surface area contributed by atoms with E-state index in [0.717, 1.165) is 11.4 Å². The third-order valence-corrected chi connectivity index (χ3v) is 2.91. The number of hydrogen-bond donors (Lipinski definition) is 0. The number of nitrogens with zero attached hydrogens (tertiary/aromatic N) is 2. The van der Waals surface area contributed by atoms with E-state index in [0.29, 0.717) is 6.54 Å². The molecule has 0 aliphatic rings. The second kappa shape index (κ2) is 5.75. The Hall–Kier alpha value is -1.03. The van der Waals surface area contributed by atoms with Gasteiger partial charge in [-0.2, -0.15) is 0 Å². The first-order chi connectivity index (χ1) is 7.13. The molecule has 0 saturated heterocycles. The molecule has 0 saturated carbocycles. The van der Waals surface area contributed by atoms with E-state index in [1.807, 2.05) is 12.1 Å². The summed E-state index contributed by atoms with van der Waals surface area (Å²) in [5.41, 5.74) is 0.936. The van der Waals surface area contributed by atoms with Crippen molar-refractivity contribution >= 4 is 17.7 Å². The van der Waals surface area contributed by atoms with Gasteiger partial charge in [0, 0.05) is 25.1 Å². The van der Waals surface area contributed by atoms with Crippen LogP contribution in [-0.4, -0.2) is 28.6 Å². The molecule has 0 atom stereocenters. The molecule has 82 valence electrons. The van der Waals surface area contributed by atoms with Crippen molar-refractivity contribution in [1.29, 1.82) is 0 Å². The minimum absolute atomic E-state index is 0.0605. The Labute approximate surface area is 94.9 Å². The van der Waals surface area contributed by atoms with E-state index in [-0.39, 0.29) is 5.91 Å². The first kappa shape index (κ1) is 12.0. The first-order valence-corrected chi connectivity index (χ1v) is 5.91. The highest BCUT2D eigenvalue weighted by molar-refractivity contribution is 7.99. The zero-order valence-electron chi connectivity index (χ0n) is 9.36. The Bertz CT molecular complexity index is 341. The fraction of sp³-hybridized carbons (Fsp3) is 0.455. The van der Waals surface area contributed by atoms with Gasteiger partial charge in [0.15, 0.2) is 0 Å². The van der Waals surface area contributed by atoms with Crippen LogP contribution in [0, 0.1) is 0 Å². The maximum Gasteiger partial charge on any atom is 0.219 e. The van der Waals surface area contributed by atoms with Crippen LogP contribution in [0.5, 0.6) is 0 Å². The van der Waals surface area contributed by atoms with E-state index in [1.165, 1.54) is 4.90 Å². The molecule has 0 fully saturated rings. The summed E-state index contributed by atoms with van der Waals surface area (Å²) >= 11 is 1.78. The normalized spacial score (nSPS) is 10.1. The summed E-state index contributed by atoms with van der Waals surface area (Å²) in [5.74, 6) is 1.11. The van der Waals surface area contributed by atoms with E-state index < -0.39 is 0 Å². The van der Waals surface area contributed by atoms with Gasteiger partial charge in [-0.05, 0) is 17.9 Å². The molecule has 1 aromatic rings. The standard InChI is InChI=1S/C11H16N2OS/c1-4-15-11-5-6-12-10(7-11)8-13(3)9(2)14/h5-7H,4,8H2,1-3H3. The van der Waals surface area contributed by atoms with Gasteiger partial charge >= 0.3 is 0 Å². The Balaban J connectivity index is 2.68. The molecule has 0 aliphatic heterocycles. The van der Waals surface area contributed by atoms with Gasteiger partial charge in [-0.25, -0.2) is 0 Å². The Morgan fingerprint density at radius 3 is 2.93 bits per heavy atom. The Morgan fingerprint density at radius 1 is 1.60 bits per heavy atom. The summed E-state index contributed by atoms with van der Waals surface area (Å²) < 4.78 is 0. The van der Waals surface area contributed by atoms with Crippen LogP contribution in [0.4, 0.5) is 0 Å². The monoisotopic (exact) mass is 224 g/mol. The number of carbonyl (C=O) groups is 1. The molecular weight excluding hydrogens is 208 g/mol. The van der Waals surface area contributed by atoms with Crippen molar-refractivity contribution < 1.29 is 4.79 Å². The maximum absolute atomic E-state index is 11.1. The lowest BCUT2D eigenvalue weighted by atomic mass is 10.3. The van der Waals surface area contributed by atoms with Crippen molar-refractivity contribution in [2.24, 2.45) is 0 Å². The zero-order chi connectivity index (χ0) is 11.3. The molecule has 1 rings (SSSR count). The van der Waals surface area contributed by atoms with Gasteiger partial charge in [-0.15, -0.1) is 11.8 Å². The first-order valence-electron chi connectivity index (χ1n) is 4.93. The van der Waals surface area contributed by atoms with Gasteiger partial charge in [0.2, 0.25) is 5.91 Å². The van der Waals surface area contributed by atoms with Crippen molar-refractivity contribution in [3.05, 3.63) is 24.0 Å². The number of thioether (sulfide) groups is 1. The summed E-state index contributed by atoms with van der Waals surface area (Å²) in [5, 5.41) is 0. The Morgan fingerprint density at radius 2 is 2.33 bits per heavy atom. The molecule has 0 aromatic carbocycles. The summed E-state index contributed by atoms with van der Waals surface area (Å²) in [7, 11) is 1.78. The number of aromatic nitrogens is 1. The van der Waals surface area contributed by atoms with Crippen molar-refractivity contribution in [2.45, 2.75) is 25.3 Å². The molecule has 4 heteroatoms. The molecule has 0 spiro atoms. The average Bonchev–Trinajstić information content (AvgIpc) is 2.18. The fourth-order valence-electron chi connectivity index (χ4n) is 1.15. The predicted molar refractivity (Wildman–Crippen MR) is 62.8 cm³/mol. The zero-order valence-corrected chi connectivity index (χ0v) is 10.2. The number of pyridine rings is 1. The summed E-state index contributed by atoms with van der Waals surface area (Å²) in [6, 6.07) is 4.03. The molecule has 1 heterocycles. The van der Waals surface area contributed by atoms with Crippen LogP contribution in [0.25, 0.3) is 0 Å². The molecule has 0 N–H and O–H groups in total. The lowest BCUT2D eigenvalue weighted by molar-refractivity contribution is -0.128. The van der Waals surface area contributed by atoms with Crippen molar-refractivity contribution in [3.8, 4) is 0 Å². The Kier molecular flexibility index (Phi) is 4.62. The lowest BCUT2D eigenvalue weighted by Crippen LogP contribution is -2.23. The molecule has 1 amide bonds. The third kappa shape index (κ3) is 3.91. The lowest BCUT2D eigenvalue weighted by Gasteiger charge is -2.14. The molecule has 0 unspecified atom stereocenters. The number of rotatable bonds is 4. The molecule has 15 heavy (non-hydrogen) atoms. The SMILES string of the molecule is CCSc1ccnc(CN(C)C(C)=O)c1. The molecule has 3 nitrogen and oxygen atoms in total. The van der Waals surface area contributed by atoms with Gasteiger partial charge < -0.3 is 4.90 Å². The van der Waals surface area contributed by atoms with E-state index in [4.69, 9.17) is 0 Å². The van der Waals surface area contributed by atoms with Crippen molar-refractivity contribution in [1.82, 2.24) is 9.88 Å². The number of carbonyl (C=O) groups excluding carboxylic acids is 1. The maximum atomic E-state index is 11.1. The van der Waals surface area contributed by atoms with Crippen LogP contribution in [0.15, 0.2) is 23.2 Å². The van der Waals surface area contributed by atoms with E-state index in [9.17, 15) is 4.79 Å². The van der Waals surface area contributed by atoms with Crippen LogP contribution in [0.3, 0.4) is 0 Å². The van der Waals surface area contributed by atoms with Gasteiger partial charge in [0.25, 0.3) is 0 Å². The molecule has 0 radical (unpaired) electrons. The van der Waals surface area contributed by atoms with Gasteiger partial charge in [-0.1, -0.05) is 6.92 Å². The van der Waals surface area contributed by atoms with E-state index in [2.05, 4.69) is 11.9 Å². The van der Waals surface area contributed by atoms with E-state index in [1.54, 1.807) is 36.8 Å². The molecular formula is C11H16N2OS. The van der Waals surface area contributed by atoms with Crippen LogP contribution in [0.2, 0.25) is 0 Å². The molecule has 0 bridgehead atoms. The van der Waals surface area contributed by atoms with Crippen LogP contribution < -0.4 is 0 Å². The smallest absolute Gasteiger partial charge is 0.219 e. The highest BCUT2D eigenvalue weighted by atomic mass is 32.2. The number of hydrogen-bond acceptors (Lipinski definition) is 3. The van der Waals surface area contributed by atoms with Crippen LogP contribution in [0.1, 0.15) is 19.5 Å². The average molecular weight is 224 g/mol. The van der Waals surface area contributed by atoms with Crippen molar-refractivity contribution in [2.75, 3.05) is 12.8 Å². The van der Waals surface area contributed by atoms with Crippen LogP contribution in [-0.2, 0) is 11.3 Å². The minimum atomic E-state index is 0.0605. The van der Waals surface area contributed by atoms with Crippen LogP contribution >= 0.6 is 11.8 Å². The second-order valence-corrected chi connectivity index (χ2v) is 4.63. The van der Waals surface area contributed by atoms with Gasteiger partial charge in [0.1, 0.15) is 0 Å². The second-order valence-electron chi connectivity index (χ2n) is 3.29. The van der Waals surface area contributed by atoms with Gasteiger partial charge in [-0.3, -0.25) is 9.78 Å². The third-order valence-electron chi connectivity index (χ3n) is 2.04. The topological polar surface area (TPSA) is 33.2 Å². The summed E-state index contributed by atoms with van der Waals surface area (Å²) in [6.45, 7) is 4.25. The largest absolute Gasteiger partial charge is 0.340 e. The summed E-state index contributed by atoms with van der Waals surface area (Å²) in [4.78, 5) is 18.2. The molecule has 0 aliphatic carbocycles. The van der Waals surface area contributed by atoms with Gasteiger partial charge in [0.05, 0.1) is 12.2 Å². The highest BCUT2D eigenvalue weighted by Gasteiger charge is 2.04. The fourth-order valence-corrected chi connectivity index (χ4v) is 1.86. The minimum Gasteiger partial charge on any atom is -0.340 e. The van der Waals surface area contributed by atoms with Crippen molar-refractivity contribution in [3.63, 3.8) is 0 Å². The predicted octanol–water partition coefficient (Wildman–Crippen LogP) is 2.17. The number of amides is 1. The highest BCUT2D eigenvalue weighted by Crippen LogP contribution is 2.17. The molecule has 1 aromatic heterocycles. The quantitative estimate of drug-likeness (QED) is 0.735. The van der Waals surface area contributed by atoms with E-state index >= 15 is 0 Å².